The van der Waals surface area contributed by atoms with Gasteiger partial charge in [-0.15, -0.1) is 11.8 Å². The molecule has 0 aliphatic rings. The molecule has 0 radical (unpaired) electrons. The van der Waals surface area contributed by atoms with E-state index >= 15 is 0 Å². The first kappa shape index (κ1) is 20.2. The second-order valence-corrected chi connectivity index (χ2v) is 6.16. The third kappa shape index (κ3) is 6.63. The number of carbonyl (C=O) groups excluding carboxylic acids is 3. The summed E-state index contributed by atoms with van der Waals surface area (Å²) < 4.78 is 18.2. The molecule has 2 aromatic carbocycles. The summed E-state index contributed by atoms with van der Waals surface area (Å²) in [6.45, 7) is 1.94. The Balaban J connectivity index is 1.78. The first-order chi connectivity index (χ1) is 13.0. The highest BCUT2D eigenvalue weighted by atomic mass is 32.2. The van der Waals surface area contributed by atoms with E-state index in [1.165, 1.54) is 30.3 Å². The standard InChI is InChI=1S/C18H18FN3O4S/c1-2-26-18(25)20-13-9-7-12(8-10-13)17(24)22-21-16(23)11-27-15-6-4-3-5-14(15)19/h3-10H,2,11H2,1H3,(H,20,25)(H,21,23)(H,22,24). The minimum Gasteiger partial charge on any atom is -0.450 e. The number of nitrogens with one attached hydrogen (secondary N) is 3. The molecule has 27 heavy (non-hydrogen) atoms. The zero-order valence-electron chi connectivity index (χ0n) is 14.5. The summed E-state index contributed by atoms with van der Waals surface area (Å²) in [4.78, 5) is 35.4. The zero-order valence-corrected chi connectivity index (χ0v) is 15.3. The minimum atomic E-state index is -0.589. The summed E-state index contributed by atoms with van der Waals surface area (Å²) in [5, 5.41) is 2.50. The Morgan fingerprint density at radius 1 is 1.04 bits per heavy atom. The summed E-state index contributed by atoms with van der Waals surface area (Å²) in [5.41, 5.74) is 5.29. The predicted molar refractivity (Wildman–Crippen MR) is 99.8 cm³/mol. The van der Waals surface area contributed by atoms with Gasteiger partial charge in [-0.3, -0.25) is 25.8 Å². The molecule has 3 N–H and O–H groups in total. The van der Waals surface area contributed by atoms with Gasteiger partial charge in [-0.1, -0.05) is 12.1 Å². The topological polar surface area (TPSA) is 96.5 Å². The summed E-state index contributed by atoms with van der Waals surface area (Å²) in [5.74, 6) is -1.46. The van der Waals surface area contributed by atoms with Gasteiger partial charge >= 0.3 is 6.09 Å². The Kier molecular flexibility index (Phi) is 7.63. The van der Waals surface area contributed by atoms with Crippen LogP contribution in [0.1, 0.15) is 17.3 Å². The third-order valence-electron chi connectivity index (χ3n) is 3.18. The Bertz CT molecular complexity index is 815. The number of hydrogen-bond acceptors (Lipinski definition) is 5. The van der Waals surface area contributed by atoms with Gasteiger partial charge in [-0.2, -0.15) is 0 Å². The van der Waals surface area contributed by atoms with Crippen molar-refractivity contribution in [2.75, 3.05) is 17.7 Å². The van der Waals surface area contributed by atoms with Crippen LogP contribution in [0.2, 0.25) is 0 Å². The van der Waals surface area contributed by atoms with E-state index in [1.54, 1.807) is 25.1 Å². The molecule has 0 saturated carbocycles. The Hall–Kier alpha value is -3.07. The average Bonchev–Trinajstić information content (AvgIpc) is 2.66. The van der Waals surface area contributed by atoms with Crippen molar-refractivity contribution in [3.63, 3.8) is 0 Å². The first-order valence-electron chi connectivity index (χ1n) is 8.00. The molecular formula is C18H18FN3O4S. The van der Waals surface area contributed by atoms with Crippen molar-refractivity contribution in [1.82, 2.24) is 10.9 Å². The molecule has 0 spiro atoms. The summed E-state index contributed by atoms with van der Waals surface area (Å²) in [6, 6.07) is 12.1. The van der Waals surface area contributed by atoms with E-state index < -0.39 is 23.7 Å². The van der Waals surface area contributed by atoms with E-state index in [9.17, 15) is 18.8 Å². The van der Waals surface area contributed by atoms with Gasteiger partial charge in [0, 0.05) is 16.1 Å². The molecular weight excluding hydrogens is 373 g/mol. The molecule has 0 saturated heterocycles. The molecule has 142 valence electrons. The summed E-state index contributed by atoms with van der Waals surface area (Å²) in [7, 11) is 0. The fourth-order valence-corrected chi connectivity index (χ4v) is 2.67. The van der Waals surface area contributed by atoms with E-state index in [0.29, 0.717) is 10.6 Å². The number of amides is 3. The quantitative estimate of drug-likeness (QED) is 0.520. The monoisotopic (exact) mass is 391 g/mol. The van der Waals surface area contributed by atoms with Gasteiger partial charge in [0.25, 0.3) is 5.91 Å². The lowest BCUT2D eigenvalue weighted by Gasteiger charge is -2.09. The number of benzene rings is 2. The van der Waals surface area contributed by atoms with Gasteiger partial charge in [-0.05, 0) is 43.3 Å². The van der Waals surface area contributed by atoms with E-state index in [1.807, 2.05) is 0 Å². The van der Waals surface area contributed by atoms with E-state index in [4.69, 9.17) is 4.74 Å². The number of ether oxygens (including phenoxy) is 1. The van der Waals surface area contributed by atoms with Crippen LogP contribution in [0, 0.1) is 5.82 Å². The van der Waals surface area contributed by atoms with Gasteiger partial charge in [0.15, 0.2) is 0 Å². The zero-order chi connectivity index (χ0) is 19.6. The number of carbonyl (C=O) groups is 3. The van der Waals surface area contributed by atoms with Gasteiger partial charge in [0.2, 0.25) is 5.91 Å². The molecule has 2 rings (SSSR count). The summed E-state index contributed by atoms with van der Waals surface area (Å²) in [6.07, 6.45) is -0.589. The van der Waals surface area contributed by atoms with E-state index in [2.05, 4.69) is 16.2 Å². The van der Waals surface area contributed by atoms with Crippen LogP contribution in [0.4, 0.5) is 14.9 Å². The highest BCUT2D eigenvalue weighted by Gasteiger charge is 2.10. The van der Waals surface area contributed by atoms with Crippen LogP contribution < -0.4 is 16.2 Å². The first-order valence-corrected chi connectivity index (χ1v) is 8.98. The SMILES string of the molecule is CCOC(=O)Nc1ccc(C(=O)NNC(=O)CSc2ccccc2F)cc1. The molecule has 7 nitrogen and oxygen atoms in total. The van der Waals surface area contributed by atoms with Crippen LogP contribution in [0.5, 0.6) is 0 Å². The van der Waals surface area contributed by atoms with Crippen LogP contribution in [0.3, 0.4) is 0 Å². The molecule has 0 aliphatic heterocycles. The van der Waals surface area contributed by atoms with Crippen molar-refractivity contribution in [3.8, 4) is 0 Å². The molecule has 0 heterocycles. The van der Waals surface area contributed by atoms with Crippen LogP contribution in [-0.4, -0.2) is 30.3 Å². The lowest BCUT2D eigenvalue weighted by molar-refractivity contribution is -0.119. The van der Waals surface area contributed by atoms with Gasteiger partial charge in [0.1, 0.15) is 5.82 Å². The average molecular weight is 391 g/mol. The van der Waals surface area contributed by atoms with Crippen molar-refractivity contribution in [1.29, 1.82) is 0 Å². The Morgan fingerprint density at radius 3 is 2.41 bits per heavy atom. The maximum Gasteiger partial charge on any atom is 0.411 e. The molecule has 0 aliphatic carbocycles. The lowest BCUT2D eigenvalue weighted by atomic mass is 10.2. The van der Waals surface area contributed by atoms with Gasteiger partial charge < -0.3 is 4.74 Å². The molecule has 9 heteroatoms. The van der Waals surface area contributed by atoms with Crippen LogP contribution in [0.25, 0.3) is 0 Å². The number of hydrogen-bond donors (Lipinski definition) is 3. The number of thioether (sulfide) groups is 1. The number of anilines is 1. The van der Waals surface area contributed by atoms with Crippen LogP contribution >= 0.6 is 11.8 Å². The number of rotatable bonds is 6. The molecule has 2 aromatic rings. The molecule has 0 atom stereocenters. The second-order valence-electron chi connectivity index (χ2n) is 5.14. The van der Waals surface area contributed by atoms with E-state index in [0.717, 1.165) is 11.8 Å². The largest absolute Gasteiger partial charge is 0.450 e. The molecule has 0 unspecified atom stereocenters. The normalized spacial score (nSPS) is 10.0. The van der Waals surface area contributed by atoms with Crippen LogP contribution in [-0.2, 0) is 9.53 Å². The molecule has 0 fully saturated rings. The van der Waals surface area contributed by atoms with Gasteiger partial charge in [-0.25, -0.2) is 9.18 Å². The fraction of sp³-hybridized carbons (Fsp3) is 0.167. The molecule has 0 bridgehead atoms. The Morgan fingerprint density at radius 2 is 1.74 bits per heavy atom. The minimum absolute atomic E-state index is 0.0520. The summed E-state index contributed by atoms with van der Waals surface area (Å²) >= 11 is 1.02. The van der Waals surface area contributed by atoms with E-state index in [-0.39, 0.29) is 17.9 Å². The van der Waals surface area contributed by atoms with Crippen molar-refractivity contribution < 1.29 is 23.5 Å². The second kappa shape index (κ2) is 10.2. The van der Waals surface area contributed by atoms with Crippen molar-refractivity contribution in [2.24, 2.45) is 0 Å². The maximum absolute atomic E-state index is 13.5. The Labute approximate surface area is 159 Å². The van der Waals surface area contributed by atoms with Crippen molar-refractivity contribution >= 4 is 35.4 Å². The fourth-order valence-electron chi connectivity index (χ4n) is 1.93. The predicted octanol–water partition coefficient (Wildman–Crippen LogP) is 2.95. The van der Waals surface area contributed by atoms with Crippen molar-refractivity contribution in [3.05, 3.63) is 59.9 Å². The smallest absolute Gasteiger partial charge is 0.411 e. The van der Waals surface area contributed by atoms with Crippen LogP contribution in [0.15, 0.2) is 53.4 Å². The highest BCUT2D eigenvalue weighted by molar-refractivity contribution is 8.00. The third-order valence-corrected chi connectivity index (χ3v) is 4.23. The number of halogens is 1. The van der Waals surface area contributed by atoms with Gasteiger partial charge in [0.05, 0.1) is 12.4 Å². The number of hydrazine groups is 1. The highest BCUT2D eigenvalue weighted by Crippen LogP contribution is 2.20. The molecule has 3 amide bonds. The maximum atomic E-state index is 13.5. The van der Waals surface area contributed by atoms with Crippen molar-refractivity contribution in [2.45, 2.75) is 11.8 Å². The lowest BCUT2D eigenvalue weighted by Crippen LogP contribution is -2.42. The molecule has 0 aromatic heterocycles.